The van der Waals surface area contributed by atoms with Crippen LogP contribution in [-0.2, 0) is 27.1 Å². The van der Waals surface area contributed by atoms with Crippen LogP contribution < -0.4 is 27.1 Å². The maximum Gasteiger partial charge on any atom is 0.530 e. The van der Waals surface area contributed by atoms with Gasteiger partial charge in [-0.05, 0) is 105 Å². The molecule has 0 spiro atoms. The topological polar surface area (TPSA) is 55.4 Å². The molecule has 0 aliphatic carbocycles. The number of hydrogen-bond donors (Lipinski definition) is 0. The lowest BCUT2D eigenvalue weighted by atomic mass is 9.78. The minimum absolute atomic E-state index is 0.0242. The Morgan fingerprint density at radius 2 is 0.717 bits per heavy atom. The standard InChI is InChI=1S/C45H58O6P2/c1-27-21-37(33(43(9,10)11)25-31(27)41(3,4)5)48-52-46-35-19-17-29(23-39(35)50-52)45(15,16)30-18-20-36-40(24-30)51-53(47-36)49-38-22-28(2)32(42(6,7)8)26-34(38)44(12,13)14/h17-26H,1-16H3. The third-order valence-corrected chi connectivity index (χ3v) is 12.3. The highest BCUT2D eigenvalue weighted by Crippen LogP contribution is 2.57. The van der Waals surface area contributed by atoms with Gasteiger partial charge in [0, 0.05) is 16.5 Å². The Morgan fingerprint density at radius 1 is 0.396 bits per heavy atom. The molecule has 53 heavy (non-hydrogen) atoms. The third kappa shape index (κ3) is 8.01. The van der Waals surface area contributed by atoms with Crippen molar-refractivity contribution < 1.29 is 27.1 Å². The molecule has 0 N–H and O–H groups in total. The highest BCUT2D eigenvalue weighted by molar-refractivity contribution is 7.43. The van der Waals surface area contributed by atoms with Gasteiger partial charge in [0.2, 0.25) is 0 Å². The van der Waals surface area contributed by atoms with Crippen LogP contribution in [0.15, 0.2) is 60.7 Å². The fourth-order valence-corrected chi connectivity index (χ4v) is 9.23. The van der Waals surface area contributed by atoms with Crippen molar-refractivity contribution in [2.75, 3.05) is 0 Å². The predicted molar refractivity (Wildman–Crippen MR) is 220 cm³/mol. The van der Waals surface area contributed by atoms with Gasteiger partial charge in [-0.3, -0.25) is 0 Å². The van der Waals surface area contributed by atoms with E-state index in [9.17, 15) is 0 Å². The molecule has 0 radical (unpaired) electrons. The van der Waals surface area contributed by atoms with Crippen molar-refractivity contribution in [3.8, 4) is 34.5 Å². The molecule has 6 nitrogen and oxygen atoms in total. The van der Waals surface area contributed by atoms with Crippen LogP contribution in [0.5, 0.6) is 34.5 Å². The molecular weight excluding hydrogens is 698 g/mol. The molecule has 0 amide bonds. The smallest absolute Gasteiger partial charge is 0.408 e. The van der Waals surface area contributed by atoms with E-state index in [2.05, 4.69) is 159 Å². The Kier molecular flexibility index (Phi) is 9.91. The van der Waals surface area contributed by atoms with Crippen LogP contribution in [0.3, 0.4) is 0 Å². The second kappa shape index (κ2) is 13.4. The first-order chi connectivity index (χ1) is 24.3. The van der Waals surface area contributed by atoms with Crippen LogP contribution in [0.1, 0.15) is 141 Å². The summed E-state index contributed by atoms with van der Waals surface area (Å²) in [4.78, 5) is 0. The van der Waals surface area contributed by atoms with Gasteiger partial charge in [-0.15, -0.1) is 0 Å². The molecule has 2 heterocycles. The summed E-state index contributed by atoms with van der Waals surface area (Å²) in [5, 5.41) is 0. The lowest BCUT2D eigenvalue weighted by Crippen LogP contribution is -2.19. The molecular formula is C45H58O6P2. The Hall–Kier alpha value is -3.46. The number of aryl methyl sites for hydroxylation is 2. The van der Waals surface area contributed by atoms with E-state index in [1.165, 1.54) is 22.3 Å². The van der Waals surface area contributed by atoms with E-state index < -0.39 is 17.2 Å². The third-order valence-electron chi connectivity index (χ3n) is 10.3. The van der Waals surface area contributed by atoms with Crippen LogP contribution >= 0.6 is 17.2 Å². The molecule has 284 valence electrons. The summed E-state index contributed by atoms with van der Waals surface area (Å²) in [5.41, 5.74) is 8.89. The molecule has 0 saturated carbocycles. The van der Waals surface area contributed by atoms with Crippen molar-refractivity contribution in [2.24, 2.45) is 0 Å². The van der Waals surface area contributed by atoms with Gasteiger partial charge >= 0.3 is 17.2 Å². The number of hydrogen-bond acceptors (Lipinski definition) is 6. The molecule has 0 bridgehead atoms. The normalized spacial score (nSPS) is 17.3. The van der Waals surface area contributed by atoms with Crippen molar-refractivity contribution in [3.05, 3.63) is 105 Å². The first-order valence-electron chi connectivity index (χ1n) is 18.6. The molecule has 8 heteroatoms. The van der Waals surface area contributed by atoms with Crippen molar-refractivity contribution >= 4 is 17.2 Å². The lowest BCUT2D eigenvalue weighted by molar-refractivity contribution is 0.422. The van der Waals surface area contributed by atoms with Crippen LogP contribution in [-0.4, -0.2) is 0 Å². The van der Waals surface area contributed by atoms with Gasteiger partial charge < -0.3 is 27.1 Å². The van der Waals surface area contributed by atoms with Crippen LogP contribution in [0.25, 0.3) is 0 Å². The zero-order chi connectivity index (χ0) is 39.1. The molecule has 0 aromatic heterocycles. The molecule has 4 aromatic rings. The molecule has 6 rings (SSSR count). The van der Waals surface area contributed by atoms with E-state index in [0.717, 1.165) is 33.8 Å². The van der Waals surface area contributed by atoms with Crippen LogP contribution in [0.4, 0.5) is 0 Å². The maximum absolute atomic E-state index is 6.51. The molecule has 2 atom stereocenters. The number of rotatable bonds is 6. The van der Waals surface area contributed by atoms with E-state index >= 15 is 0 Å². The summed E-state index contributed by atoms with van der Waals surface area (Å²) < 4.78 is 38.2. The zero-order valence-corrected chi connectivity index (χ0v) is 36.4. The zero-order valence-electron chi connectivity index (χ0n) is 34.6. The van der Waals surface area contributed by atoms with Gasteiger partial charge in [0.1, 0.15) is 11.5 Å². The van der Waals surface area contributed by atoms with E-state index in [4.69, 9.17) is 27.1 Å². The van der Waals surface area contributed by atoms with Gasteiger partial charge in [-0.25, -0.2) is 0 Å². The molecule has 0 saturated heterocycles. The molecule has 2 aliphatic rings. The molecule has 0 fully saturated rings. The van der Waals surface area contributed by atoms with Gasteiger partial charge in [0.25, 0.3) is 0 Å². The SMILES string of the molecule is Cc1cc(OP2Oc3ccc(C(C)(C)c4ccc5c(c4)OP(Oc4cc(C)c(C(C)(C)C)cc4C(C)(C)C)O5)cc3O2)c(C(C)(C)C)cc1C(C)(C)C. The average molecular weight is 757 g/mol. The largest absolute Gasteiger partial charge is 0.530 e. The van der Waals surface area contributed by atoms with Gasteiger partial charge in [-0.1, -0.05) is 121 Å². The van der Waals surface area contributed by atoms with E-state index in [1.54, 1.807) is 0 Å². The van der Waals surface area contributed by atoms with E-state index in [0.29, 0.717) is 23.0 Å². The van der Waals surface area contributed by atoms with Crippen LogP contribution in [0, 0.1) is 13.8 Å². The van der Waals surface area contributed by atoms with Crippen molar-refractivity contribution in [1.29, 1.82) is 0 Å². The molecule has 2 unspecified atom stereocenters. The fraction of sp³-hybridized carbons (Fsp3) is 0.467. The van der Waals surface area contributed by atoms with Gasteiger partial charge in [-0.2, -0.15) is 0 Å². The summed E-state index contributed by atoms with van der Waals surface area (Å²) in [7, 11) is -3.33. The Bertz CT molecular complexity index is 1890. The summed E-state index contributed by atoms with van der Waals surface area (Å²) in [5.74, 6) is 4.34. The van der Waals surface area contributed by atoms with Crippen molar-refractivity contribution in [1.82, 2.24) is 0 Å². The second-order valence-electron chi connectivity index (χ2n) is 19.3. The Balaban J connectivity index is 1.19. The molecule has 2 aliphatic heterocycles. The van der Waals surface area contributed by atoms with E-state index in [-0.39, 0.29) is 27.1 Å². The van der Waals surface area contributed by atoms with E-state index in [1.807, 2.05) is 12.1 Å². The number of fused-ring (bicyclic) bond motifs is 2. The maximum atomic E-state index is 6.51. The highest BCUT2D eigenvalue weighted by atomic mass is 31.2. The predicted octanol–water partition coefficient (Wildman–Crippen LogP) is 14.0. The number of benzene rings is 4. The Labute approximate surface area is 320 Å². The summed E-state index contributed by atoms with van der Waals surface area (Å²) in [6.45, 7) is 35.4. The van der Waals surface area contributed by atoms with Gasteiger partial charge in [0.15, 0.2) is 23.0 Å². The lowest BCUT2D eigenvalue weighted by Gasteiger charge is -2.29. The summed E-state index contributed by atoms with van der Waals surface area (Å²) in [6, 6.07) is 21.2. The fourth-order valence-electron chi connectivity index (χ4n) is 7.15. The average Bonchev–Trinajstić information content (AvgIpc) is 3.60. The Morgan fingerprint density at radius 3 is 1.04 bits per heavy atom. The van der Waals surface area contributed by atoms with Gasteiger partial charge in [0.05, 0.1) is 0 Å². The first kappa shape index (κ1) is 39.2. The quantitative estimate of drug-likeness (QED) is 0.183. The monoisotopic (exact) mass is 756 g/mol. The highest BCUT2D eigenvalue weighted by Gasteiger charge is 2.37. The first-order valence-corrected chi connectivity index (χ1v) is 20.8. The second-order valence-corrected chi connectivity index (χ2v) is 21.3. The van der Waals surface area contributed by atoms with Crippen molar-refractivity contribution in [3.63, 3.8) is 0 Å². The van der Waals surface area contributed by atoms with Crippen LogP contribution in [0.2, 0.25) is 0 Å². The minimum Gasteiger partial charge on any atom is -0.408 e. The summed E-state index contributed by atoms with van der Waals surface area (Å²) >= 11 is 0. The van der Waals surface area contributed by atoms with Crippen molar-refractivity contribution in [2.45, 2.75) is 138 Å². The summed E-state index contributed by atoms with van der Waals surface area (Å²) in [6.07, 6.45) is 0. The molecule has 4 aromatic carbocycles. The minimum atomic E-state index is -1.66.